The molecule has 13 heavy (non-hydrogen) atoms. The zero-order chi connectivity index (χ0) is 9.84. The molecule has 1 aromatic rings. The molecule has 0 saturated carbocycles. The molecule has 71 valence electrons. The highest BCUT2D eigenvalue weighted by Crippen LogP contribution is 2.35. The molecule has 0 nitrogen and oxygen atoms in total. The minimum Gasteiger partial charge on any atom is -0.130 e. The number of thioether (sulfide) groups is 3. The highest BCUT2D eigenvalue weighted by atomic mass is 32.2. The van der Waals surface area contributed by atoms with Gasteiger partial charge in [-0.2, -0.15) is 0 Å². The molecule has 0 aliphatic heterocycles. The summed E-state index contributed by atoms with van der Waals surface area (Å²) in [4.78, 5) is 4.72. The van der Waals surface area contributed by atoms with Crippen molar-refractivity contribution in [3.63, 3.8) is 0 Å². The van der Waals surface area contributed by atoms with E-state index >= 15 is 0 Å². The Morgan fingerprint density at radius 3 is 1.69 bits per heavy atom. The Kier molecular flexibility index (Phi) is 4.80. The third-order valence-electron chi connectivity index (χ3n) is 1.67. The van der Waals surface area contributed by atoms with E-state index in [1.807, 2.05) is 0 Å². The van der Waals surface area contributed by atoms with Crippen LogP contribution in [-0.2, 0) is 0 Å². The maximum Gasteiger partial charge on any atom is 0.0649 e. The molecule has 0 aromatic heterocycles. The summed E-state index contributed by atoms with van der Waals surface area (Å²) >= 11 is 10.6. The molecule has 0 amide bonds. The van der Waals surface area contributed by atoms with Crippen molar-refractivity contribution in [3.8, 4) is 0 Å². The van der Waals surface area contributed by atoms with Gasteiger partial charge in [0.1, 0.15) is 0 Å². The predicted molar refractivity (Wildman–Crippen MR) is 67.6 cm³/mol. The van der Waals surface area contributed by atoms with Crippen LogP contribution >= 0.6 is 47.9 Å². The lowest BCUT2D eigenvalue weighted by Gasteiger charge is -2.08. The molecule has 0 saturated heterocycles. The molecule has 0 N–H and O–H groups in total. The van der Waals surface area contributed by atoms with Crippen LogP contribution in [0.15, 0.2) is 31.7 Å². The van der Waals surface area contributed by atoms with E-state index in [0.29, 0.717) is 0 Å². The highest BCUT2D eigenvalue weighted by Gasteiger charge is 2.06. The topological polar surface area (TPSA) is 0 Å². The van der Waals surface area contributed by atoms with E-state index in [9.17, 15) is 0 Å². The van der Waals surface area contributed by atoms with Crippen molar-refractivity contribution < 1.29 is 0 Å². The monoisotopic (exact) mass is 247 g/mol. The van der Waals surface area contributed by atoms with Crippen LogP contribution in [-0.4, -0.2) is 18.8 Å². The van der Waals surface area contributed by atoms with Gasteiger partial charge in [-0.15, -0.1) is 35.3 Å². The van der Waals surface area contributed by atoms with Gasteiger partial charge in [0.2, 0.25) is 0 Å². The van der Waals surface area contributed by atoms with Gasteiger partial charge in [-0.25, -0.2) is 0 Å². The molecule has 0 spiro atoms. The zero-order valence-electron chi connectivity index (χ0n) is 7.79. The molecule has 0 fully saturated rings. The average molecular weight is 247 g/mol. The van der Waals surface area contributed by atoms with E-state index in [-0.39, 0.29) is 0 Å². The molecule has 0 heterocycles. The molecule has 1 rings (SSSR count). The van der Waals surface area contributed by atoms with Crippen LogP contribution < -0.4 is 0 Å². The predicted octanol–water partition coefficient (Wildman–Crippen LogP) is 4.41. The van der Waals surface area contributed by atoms with E-state index in [0.717, 1.165) is 4.90 Å². The maximum atomic E-state index is 5.35. The third kappa shape index (κ3) is 2.72. The highest BCUT2D eigenvalue weighted by molar-refractivity contribution is 8.00. The van der Waals surface area contributed by atoms with Gasteiger partial charge in [-0.05, 0) is 30.9 Å². The standard InChI is InChI=1S/C9H11S4/c1-11-6-4-7(12-2)9(10)8(5-6)13-3/h4-5H,1-3H3. The molecule has 0 unspecified atom stereocenters. The van der Waals surface area contributed by atoms with Gasteiger partial charge in [0, 0.05) is 14.7 Å². The normalized spacial score (nSPS) is 10.4. The molecule has 0 atom stereocenters. The van der Waals surface area contributed by atoms with E-state index in [1.54, 1.807) is 35.3 Å². The Morgan fingerprint density at radius 1 is 0.923 bits per heavy atom. The van der Waals surface area contributed by atoms with Crippen LogP contribution in [0.3, 0.4) is 0 Å². The average Bonchev–Trinajstić information content (AvgIpc) is 2.18. The van der Waals surface area contributed by atoms with Crippen LogP contribution in [0.5, 0.6) is 0 Å². The first-order chi connectivity index (χ1) is 6.22. The van der Waals surface area contributed by atoms with Gasteiger partial charge in [0.05, 0.1) is 4.90 Å². The molecular formula is C9H11S4. The molecule has 0 aliphatic carbocycles. The van der Waals surface area contributed by atoms with Crippen LogP contribution in [0, 0.1) is 0 Å². The van der Waals surface area contributed by atoms with Crippen molar-refractivity contribution in [2.75, 3.05) is 18.8 Å². The minimum atomic E-state index is 0.998. The fourth-order valence-corrected chi connectivity index (χ4v) is 3.36. The summed E-state index contributed by atoms with van der Waals surface area (Å²) in [5.74, 6) is 0. The lowest BCUT2D eigenvalue weighted by atomic mass is 10.3. The van der Waals surface area contributed by atoms with Gasteiger partial charge < -0.3 is 0 Å². The lowest BCUT2D eigenvalue weighted by Crippen LogP contribution is -1.81. The Labute approximate surface area is 98.1 Å². The van der Waals surface area contributed by atoms with Crippen molar-refractivity contribution >= 4 is 47.9 Å². The summed E-state index contributed by atoms with van der Waals surface area (Å²) in [6.45, 7) is 0. The molecule has 0 bridgehead atoms. The summed E-state index contributed by atoms with van der Waals surface area (Å²) in [7, 11) is 0. The van der Waals surface area contributed by atoms with Crippen molar-refractivity contribution in [2.24, 2.45) is 0 Å². The first-order valence-electron chi connectivity index (χ1n) is 3.70. The second kappa shape index (κ2) is 5.39. The number of rotatable bonds is 3. The van der Waals surface area contributed by atoms with E-state index in [4.69, 9.17) is 12.6 Å². The van der Waals surface area contributed by atoms with E-state index in [1.165, 1.54) is 14.7 Å². The fraction of sp³-hybridized carbons (Fsp3) is 0.333. The van der Waals surface area contributed by atoms with Crippen LogP contribution in [0.25, 0.3) is 0 Å². The van der Waals surface area contributed by atoms with Crippen LogP contribution in [0.2, 0.25) is 0 Å². The largest absolute Gasteiger partial charge is 0.130 e. The van der Waals surface area contributed by atoms with Crippen LogP contribution in [0.1, 0.15) is 0 Å². The second-order valence-electron chi connectivity index (χ2n) is 2.36. The molecular weight excluding hydrogens is 236 g/mol. The number of benzene rings is 1. The number of hydrogen-bond acceptors (Lipinski definition) is 3. The van der Waals surface area contributed by atoms with Crippen molar-refractivity contribution in [1.82, 2.24) is 0 Å². The quantitative estimate of drug-likeness (QED) is 0.726. The molecule has 0 aliphatic rings. The Balaban J connectivity index is 3.20. The maximum absolute atomic E-state index is 5.35. The molecule has 1 radical (unpaired) electrons. The van der Waals surface area contributed by atoms with Gasteiger partial charge in [0.25, 0.3) is 0 Å². The van der Waals surface area contributed by atoms with Gasteiger partial charge in [-0.1, -0.05) is 12.6 Å². The summed E-state index contributed by atoms with van der Waals surface area (Å²) < 4.78 is 0. The fourth-order valence-electron chi connectivity index (χ4n) is 0.974. The van der Waals surface area contributed by atoms with Gasteiger partial charge >= 0.3 is 0 Å². The lowest BCUT2D eigenvalue weighted by molar-refractivity contribution is 1.08. The Bertz CT molecular complexity index is 271. The number of hydrogen-bond donors (Lipinski definition) is 0. The first kappa shape index (κ1) is 11.6. The van der Waals surface area contributed by atoms with Crippen molar-refractivity contribution in [3.05, 3.63) is 12.1 Å². The first-order valence-corrected chi connectivity index (χ1v) is 7.78. The van der Waals surface area contributed by atoms with Crippen molar-refractivity contribution in [1.29, 1.82) is 0 Å². The third-order valence-corrected chi connectivity index (χ3v) is 4.60. The smallest absolute Gasteiger partial charge is 0.0649 e. The van der Waals surface area contributed by atoms with E-state index in [2.05, 4.69) is 30.9 Å². The van der Waals surface area contributed by atoms with E-state index < -0.39 is 0 Å². The summed E-state index contributed by atoms with van der Waals surface area (Å²) in [5.41, 5.74) is 0. The summed E-state index contributed by atoms with van der Waals surface area (Å²) in [5, 5.41) is 0. The summed E-state index contributed by atoms with van der Waals surface area (Å²) in [6.07, 6.45) is 6.23. The summed E-state index contributed by atoms with van der Waals surface area (Å²) in [6, 6.07) is 4.33. The zero-order valence-corrected chi connectivity index (χ0v) is 11.1. The molecule has 4 heteroatoms. The minimum absolute atomic E-state index is 0.998. The van der Waals surface area contributed by atoms with Crippen LogP contribution in [0.4, 0.5) is 0 Å². The van der Waals surface area contributed by atoms with Crippen molar-refractivity contribution in [2.45, 2.75) is 19.6 Å². The second-order valence-corrected chi connectivity index (χ2v) is 5.35. The Hall–Kier alpha value is 0.490. The van der Waals surface area contributed by atoms with Gasteiger partial charge in [-0.3, -0.25) is 0 Å². The molecule has 1 aromatic carbocycles. The Morgan fingerprint density at radius 2 is 1.38 bits per heavy atom. The van der Waals surface area contributed by atoms with Gasteiger partial charge in [0.15, 0.2) is 0 Å². The SMILES string of the molecule is CSc1cc(SC)c([S])c(SC)c1.